The predicted octanol–water partition coefficient (Wildman–Crippen LogP) is 3.41. The molecule has 0 bridgehead atoms. The van der Waals surface area contributed by atoms with Crippen molar-refractivity contribution in [3.8, 4) is 0 Å². The second kappa shape index (κ2) is 8.23. The van der Waals surface area contributed by atoms with Crippen LogP contribution in [-0.4, -0.2) is 31.7 Å². The van der Waals surface area contributed by atoms with Crippen molar-refractivity contribution >= 4 is 15.9 Å². The van der Waals surface area contributed by atoms with Crippen molar-refractivity contribution in [2.24, 2.45) is 0 Å². The Labute approximate surface area is 161 Å². The van der Waals surface area contributed by atoms with Gasteiger partial charge in [-0.15, -0.1) is 0 Å². The molecule has 0 radical (unpaired) electrons. The lowest BCUT2D eigenvalue weighted by Gasteiger charge is -2.26. The van der Waals surface area contributed by atoms with Gasteiger partial charge in [0.1, 0.15) is 0 Å². The molecule has 6 heteroatoms. The number of nitrogens with one attached hydrogen (secondary N) is 1. The third kappa shape index (κ3) is 4.39. The summed E-state index contributed by atoms with van der Waals surface area (Å²) < 4.78 is 27.5. The molecule has 0 aromatic heterocycles. The van der Waals surface area contributed by atoms with E-state index in [0.717, 1.165) is 30.4 Å². The summed E-state index contributed by atoms with van der Waals surface area (Å²) in [5, 5.41) is 2.89. The summed E-state index contributed by atoms with van der Waals surface area (Å²) >= 11 is 0. The average molecular weight is 387 g/mol. The van der Waals surface area contributed by atoms with Crippen molar-refractivity contribution in [3.05, 3.63) is 64.7 Å². The maximum absolute atomic E-state index is 13.0. The van der Waals surface area contributed by atoms with Crippen LogP contribution >= 0.6 is 0 Å². The van der Waals surface area contributed by atoms with Crippen LogP contribution in [0.1, 0.15) is 46.3 Å². The molecule has 1 N–H and O–H groups in total. The van der Waals surface area contributed by atoms with Crippen LogP contribution in [0.25, 0.3) is 0 Å². The summed E-state index contributed by atoms with van der Waals surface area (Å²) in [6, 6.07) is 12.7. The van der Waals surface area contributed by atoms with Gasteiger partial charge in [0.2, 0.25) is 10.0 Å². The van der Waals surface area contributed by atoms with Crippen LogP contribution in [-0.2, 0) is 16.6 Å². The van der Waals surface area contributed by atoms with Gasteiger partial charge in [-0.1, -0.05) is 36.8 Å². The van der Waals surface area contributed by atoms with E-state index < -0.39 is 10.0 Å². The molecule has 2 aromatic carbocycles. The van der Waals surface area contributed by atoms with Gasteiger partial charge in [0.25, 0.3) is 5.91 Å². The third-order valence-corrected chi connectivity index (χ3v) is 7.12. The zero-order valence-corrected chi connectivity index (χ0v) is 16.7. The molecule has 0 aliphatic carbocycles. The number of rotatable bonds is 5. The Hall–Kier alpha value is -2.18. The van der Waals surface area contributed by atoms with E-state index in [1.807, 2.05) is 31.2 Å². The van der Waals surface area contributed by atoms with Gasteiger partial charge in [-0.05, 0) is 55.5 Å². The normalized spacial score (nSPS) is 15.5. The molecular formula is C21H26N2O3S. The van der Waals surface area contributed by atoms with E-state index in [2.05, 4.69) is 5.32 Å². The van der Waals surface area contributed by atoms with Gasteiger partial charge in [-0.2, -0.15) is 4.31 Å². The molecule has 1 aliphatic rings. The van der Waals surface area contributed by atoms with Crippen LogP contribution in [0.5, 0.6) is 0 Å². The van der Waals surface area contributed by atoms with E-state index in [4.69, 9.17) is 0 Å². The lowest BCUT2D eigenvalue weighted by molar-refractivity contribution is 0.0950. The first-order valence-corrected chi connectivity index (χ1v) is 10.8. The van der Waals surface area contributed by atoms with E-state index in [1.165, 1.54) is 10.4 Å². The molecule has 0 spiro atoms. The number of hydrogen-bond donors (Lipinski definition) is 1. The van der Waals surface area contributed by atoms with Crippen LogP contribution in [0.3, 0.4) is 0 Å². The van der Waals surface area contributed by atoms with Crippen LogP contribution in [0, 0.1) is 13.8 Å². The SMILES string of the molecule is Cc1ccccc1CNC(=O)c1ccc(C)c(S(=O)(=O)N2CCCCC2)c1. The van der Waals surface area contributed by atoms with Crippen molar-refractivity contribution in [1.29, 1.82) is 0 Å². The first-order valence-electron chi connectivity index (χ1n) is 9.33. The molecule has 2 aromatic rings. The highest BCUT2D eigenvalue weighted by Crippen LogP contribution is 2.24. The summed E-state index contributed by atoms with van der Waals surface area (Å²) in [5.74, 6) is -0.270. The molecule has 1 saturated heterocycles. The molecule has 3 rings (SSSR count). The monoisotopic (exact) mass is 386 g/mol. The zero-order chi connectivity index (χ0) is 19.4. The molecule has 1 aliphatic heterocycles. The Morgan fingerprint density at radius 3 is 2.41 bits per heavy atom. The molecule has 1 amide bonds. The molecule has 1 heterocycles. The highest BCUT2D eigenvalue weighted by molar-refractivity contribution is 7.89. The highest BCUT2D eigenvalue weighted by atomic mass is 32.2. The summed E-state index contributed by atoms with van der Waals surface area (Å²) in [7, 11) is -3.57. The minimum absolute atomic E-state index is 0.230. The van der Waals surface area contributed by atoms with Crippen LogP contribution in [0.4, 0.5) is 0 Å². The van der Waals surface area contributed by atoms with Gasteiger partial charge in [-0.25, -0.2) is 8.42 Å². The Balaban J connectivity index is 1.80. The summed E-state index contributed by atoms with van der Waals surface area (Å²) in [4.78, 5) is 12.8. The molecule has 0 saturated carbocycles. The topological polar surface area (TPSA) is 66.5 Å². The molecule has 5 nitrogen and oxygen atoms in total. The van der Waals surface area contributed by atoms with Gasteiger partial charge in [0, 0.05) is 25.2 Å². The maximum Gasteiger partial charge on any atom is 0.251 e. The van der Waals surface area contributed by atoms with Crippen LogP contribution in [0.2, 0.25) is 0 Å². The largest absolute Gasteiger partial charge is 0.348 e. The van der Waals surface area contributed by atoms with Crippen molar-refractivity contribution in [2.45, 2.75) is 44.6 Å². The lowest BCUT2D eigenvalue weighted by atomic mass is 10.1. The predicted molar refractivity (Wildman–Crippen MR) is 106 cm³/mol. The third-order valence-electron chi connectivity index (χ3n) is 5.08. The summed E-state index contributed by atoms with van der Waals surface area (Å²) in [6.45, 7) is 5.27. The van der Waals surface area contributed by atoms with Gasteiger partial charge >= 0.3 is 0 Å². The van der Waals surface area contributed by atoms with Gasteiger partial charge in [0.05, 0.1) is 4.90 Å². The van der Waals surface area contributed by atoms with E-state index in [1.54, 1.807) is 19.1 Å². The zero-order valence-electron chi connectivity index (χ0n) is 15.9. The first-order chi connectivity index (χ1) is 12.9. The molecule has 144 valence electrons. The van der Waals surface area contributed by atoms with Gasteiger partial charge in [0.15, 0.2) is 0 Å². The molecule has 0 unspecified atom stereocenters. The Kier molecular flexibility index (Phi) is 5.97. The molecule has 27 heavy (non-hydrogen) atoms. The van der Waals surface area contributed by atoms with E-state index in [0.29, 0.717) is 30.8 Å². The number of benzene rings is 2. The molecule has 0 atom stereocenters. The Morgan fingerprint density at radius 1 is 1.00 bits per heavy atom. The second-order valence-electron chi connectivity index (χ2n) is 7.05. The van der Waals surface area contributed by atoms with Crippen LogP contribution < -0.4 is 5.32 Å². The van der Waals surface area contributed by atoms with E-state index >= 15 is 0 Å². The minimum atomic E-state index is -3.57. The molecular weight excluding hydrogens is 360 g/mol. The fourth-order valence-corrected chi connectivity index (χ4v) is 5.12. The van der Waals surface area contributed by atoms with Crippen molar-refractivity contribution < 1.29 is 13.2 Å². The van der Waals surface area contributed by atoms with Crippen molar-refractivity contribution in [2.75, 3.05) is 13.1 Å². The number of aryl methyl sites for hydroxylation is 2. The Bertz CT molecular complexity index is 932. The van der Waals surface area contributed by atoms with Crippen LogP contribution in [0.15, 0.2) is 47.4 Å². The number of carbonyl (C=O) groups is 1. The van der Waals surface area contributed by atoms with Gasteiger partial charge in [-0.3, -0.25) is 4.79 Å². The smallest absolute Gasteiger partial charge is 0.251 e. The first kappa shape index (κ1) is 19.6. The fraction of sp³-hybridized carbons (Fsp3) is 0.381. The minimum Gasteiger partial charge on any atom is -0.348 e. The number of sulfonamides is 1. The summed E-state index contributed by atoms with van der Waals surface area (Å²) in [5.41, 5.74) is 3.18. The quantitative estimate of drug-likeness (QED) is 0.856. The second-order valence-corrected chi connectivity index (χ2v) is 8.96. The lowest BCUT2D eigenvalue weighted by Crippen LogP contribution is -2.36. The number of nitrogens with zero attached hydrogens (tertiary/aromatic N) is 1. The number of carbonyl (C=O) groups excluding carboxylic acids is 1. The van der Waals surface area contributed by atoms with Gasteiger partial charge < -0.3 is 5.32 Å². The average Bonchev–Trinajstić information content (AvgIpc) is 2.68. The van der Waals surface area contributed by atoms with Crippen molar-refractivity contribution in [3.63, 3.8) is 0 Å². The molecule has 1 fully saturated rings. The summed E-state index contributed by atoms with van der Waals surface area (Å²) in [6.07, 6.45) is 2.83. The van der Waals surface area contributed by atoms with Crippen molar-refractivity contribution in [1.82, 2.24) is 9.62 Å². The number of hydrogen-bond acceptors (Lipinski definition) is 3. The Morgan fingerprint density at radius 2 is 1.70 bits per heavy atom. The maximum atomic E-state index is 13.0. The van der Waals surface area contributed by atoms with E-state index in [-0.39, 0.29) is 10.8 Å². The number of piperidine rings is 1. The fourth-order valence-electron chi connectivity index (χ4n) is 3.35. The standard InChI is InChI=1S/C21H26N2O3S/c1-16-8-4-5-9-19(16)15-22-21(24)18-11-10-17(2)20(14-18)27(25,26)23-12-6-3-7-13-23/h4-5,8-11,14H,3,6-7,12-13,15H2,1-2H3,(H,22,24). The van der Waals surface area contributed by atoms with E-state index in [9.17, 15) is 13.2 Å². The number of amides is 1. The highest BCUT2D eigenvalue weighted by Gasteiger charge is 2.28.